The van der Waals surface area contributed by atoms with Crippen LogP contribution in [0.4, 0.5) is 0 Å². The third kappa shape index (κ3) is 5.63. The molecule has 0 amide bonds. The topological polar surface area (TPSA) is 59.9 Å². The van der Waals surface area contributed by atoms with Crippen LogP contribution in [0.2, 0.25) is 0 Å². The third-order valence-electron chi connectivity index (χ3n) is 5.64. The number of nitrogens with zero attached hydrogens (tertiary/aromatic N) is 2. The van der Waals surface area contributed by atoms with E-state index in [0.29, 0.717) is 18.3 Å². The minimum atomic E-state index is 0.297. The first-order valence-electron chi connectivity index (χ1n) is 10.3. The van der Waals surface area contributed by atoms with Gasteiger partial charge >= 0.3 is 0 Å². The second-order valence-corrected chi connectivity index (χ2v) is 7.61. The molecule has 5 heteroatoms. The molecular weight excluding hydrogens is 324 g/mol. The molecule has 144 valence electrons. The molecule has 26 heavy (non-hydrogen) atoms. The molecule has 0 spiro atoms. The number of hydrogen-bond donors (Lipinski definition) is 3. The summed E-state index contributed by atoms with van der Waals surface area (Å²) in [5, 5.41) is 16.6. The lowest BCUT2D eigenvalue weighted by atomic mass is 9.92. The zero-order chi connectivity index (χ0) is 18.2. The molecular formula is C21H34N4O. The molecule has 5 nitrogen and oxygen atoms in total. The number of rotatable bonds is 5. The molecule has 0 aromatic heterocycles. The van der Waals surface area contributed by atoms with E-state index in [1.807, 2.05) is 12.1 Å². The molecule has 3 rings (SSSR count). The number of nitrogens with one attached hydrogen (secondary N) is 2. The second-order valence-electron chi connectivity index (χ2n) is 7.61. The Balaban J connectivity index is 1.49. The number of aliphatic imine (C=N–C) groups is 1. The van der Waals surface area contributed by atoms with Gasteiger partial charge in [0.05, 0.1) is 6.54 Å². The van der Waals surface area contributed by atoms with E-state index in [4.69, 9.17) is 4.99 Å². The van der Waals surface area contributed by atoms with E-state index in [1.165, 1.54) is 58.0 Å². The van der Waals surface area contributed by atoms with Crippen molar-refractivity contribution in [3.05, 3.63) is 29.8 Å². The number of phenolic OH excluding ortho intramolecular Hbond substituents is 1. The molecule has 0 unspecified atom stereocenters. The Kier molecular flexibility index (Phi) is 7.18. The molecule has 1 aliphatic heterocycles. The summed E-state index contributed by atoms with van der Waals surface area (Å²) >= 11 is 0. The van der Waals surface area contributed by atoms with Crippen LogP contribution in [0.25, 0.3) is 0 Å². The number of benzene rings is 1. The van der Waals surface area contributed by atoms with Gasteiger partial charge in [-0.25, -0.2) is 4.99 Å². The SMILES string of the molecule is CCNC(=NCc1cccc(O)c1)NC1CCN(C2CCCCC2)CC1. The van der Waals surface area contributed by atoms with Crippen molar-refractivity contribution in [3.8, 4) is 5.75 Å². The maximum absolute atomic E-state index is 9.59. The zero-order valence-electron chi connectivity index (χ0n) is 16.1. The van der Waals surface area contributed by atoms with E-state index in [1.54, 1.807) is 12.1 Å². The highest BCUT2D eigenvalue weighted by atomic mass is 16.3. The van der Waals surface area contributed by atoms with Gasteiger partial charge in [0, 0.05) is 31.7 Å². The lowest BCUT2D eigenvalue weighted by Crippen LogP contribution is -2.50. The molecule has 1 aromatic carbocycles. The lowest BCUT2D eigenvalue weighted by Gasteiger charge is -2.39. The minimum Gasteiger partial charge on any atom is -0.508 e. The predicted octanol–water partition coefficient (Wildman–Crippen LogP) is 3.24. The average Bonchev–Trinajstić information content (AvgIpc) is 2.68. The predicted molar refractivity (Wildman–Crippen MR) is 108 cm³/mol. The van der Waals surface area contributed by atoms with Gasteiger partial charge in [-0.1, -0.05) is 31.4 Å². The van der Waals surface area contributed by atoms with Crippen LogP contribution >= 0.6 is 0 Å². The van der Waals surface area contributed by atoms with Crippen LogP contribution in [-0.2, 0) is 6.54 Å². The Morgan fingerprint density at radius 2 is 1.92 bits per heavy atom. The summed E-state index contributed by atoms with van der Waals surface area (Å²) in [5.41, 5.74) is 1.02. The number of hydrogen-bond acceptors (Lipinski definition) is 3. The molecule has 3 N–H and O–H groups in total. The normalized spacial score (nSPS) is 20.9. The van der Waals surface area contributed by atoms with Crippen molar-refractivity contribution in [1.82, 2.24) is 15.5 Å². The van der Waals surface area contributed by atoms with Crippen molar-refractivity contribution < 1.29 is 5.11 Å². The van der Waals surface area contributed by atoms with Crippen LogP contribution in [-0.4, -0.2) is 47.7 Å². The largest absolute Gasteiger partial charge is 0.508 e. The molecule has 1 heterocycles. The maximum atomic E-state index is 9.59. The fraction of sp³-hybridized carbons (Fsp3) is 0.667. The summed E-state index contributed by atoms with van der Waals surface area (Å²) in [6.07, 6.45) is 9.42. The first kappa shape index (κ1) is 19.0. The van der Waals surface area contributed by atoms with Gasteiger partial charge in [0.1, 0.15) is 5.75 Å². The summed E-state index contributed by atoms with van der Waals surface area (Å²) in [6, 6.07) is 8.65. The van der Waals surface area contributed by atoms with Crippen LogP contribution in [0, 0.1) is 0 Å². The number of likely N-dealkylation sites (tertiary alicyclic amines) is 1. The van der Waals surface area contributed by atoms with E-state index < -0.39 is 0 Å². The zero-order valence-corrected chi connectivity index (χ0v) is 16.1. The van der Waals surface area contributed by atoms with E-state index in [9.17, 15) is 5.11 Å². The van der Waals surface area contributed by atoms with Crippen LogP contribution in [0.3, 0.4) is 0 Å². The summed E-state index contributed by atoms with van der Waals surface area (Å²) < 4.78 is 0. The Bertz CT molecular complexity index is 575. The highest BCUT2D eigenvalue weighted by molar-refractivity contribution is 5.80. The van der Waals surface area contributed by atoms with Crippen molar-refractivity contribution in [1.29, 1.82) is 0 Å². The molecule has 0 radical (unpaired) electrons. The first-order chi connectivity index (χ1) is 12.7. The molecule has 2 fully saturated rings. The Morgan fingerprint density at radius 3 is 2.62 bits per heavy atom. The van der Waals surface area contributed by atoms with Gasteiger partial charge in [-0.3, -0.25) is 0 Å². The fourth-order valence-corrected chi connectivity index (χ4v) is 4.19. The van der Waals surface area contributed by atoms with Crippen molar-refractivity contribution in [2.24, 2.45) is 4.99 Å². The van der Waals surface area contributed by atoms with Gasteiger partial charge in [0.2, 0.25) is 0 Å². The van der Waals surface area contributed by atoms with E-state index in [-0.39, 0.29) is 0 Å². The number of guanidine groups is 1. The average molecular weight is 359 g/mol. The van der Waals surface area contributed by atoms with Crippen LogP contribution in [0.15, 0.2) is 29.3 Å². The smallest absolute Gasteiger partial charge is 0.191 e. The second kappa shape index (κ2) is 9.81. The highest BCUT2D eigenvalue weighted by Crippen LogP contribution is 2.25. The quantitative estimate of drug-likeness (QED) is 0.559. The molecule has 2 aliphatic rings. The summed E-state index contributed by atoms with van der Waals surface area (Å²) in [5.74, 6) is 1.18. The molecule has 1 saturated carbocycles. The van der Waals surface area contributed by atoms with Crippen LogP contribution in [0.5, 0.6) is 5.75 Å². The molecule has 1 aromatic rings. The van der Waals surface area contributed by atoms with Gasteiger partial charge in [0.25, 0.3) is 0 Å². The summed E-state index contributed by atoms with van der Waals surface area (Å²) in [4.78, 5) is 7.41. The Morgan fingerprint density at radius 1 is 1.15 bits per heavy atom. The highest BCUT2D eigenvalue weighted by Gasteiger charge is 2.26. The molecule has 1 aliphatic carbocycles. The van der Waals surface area contributed by atoms with Gasteiger partial charge < -0.3 is 20.6 Å². The van der Waals surface area contributed by atoms with E-state index >= 15 is 0 Å². The van der Waals surface area contributed by atoms with Gasteiger partial charge in [-0.2, -0.15) is 0 Å². The molecule has 0 bridgehead atoms. The van der Waals surface area contributed by atoms with Crippen LogP contribution < -0.4 is 10.6 Å². The third-order valence-corrected chi connectivity index (χ3v) is 5.64. The van der Waals surface area contributed by atoms with E-state index in [2.05, 4.69) is 22.5 Å². The number of aromatic hydroxyl groups is 1. The number of piperidine rings is 1. The Hall–Kier alpha value is -1.75. The monoisotopic (exact) mass is 358 g/mol. The van der Waals surface area contributed by atoms with Gasteiger partial charge in [-0.15, -0.1) is 0 Å². The summed E-state index contributed by atoms with van der Waals surface area (Å²) in [7, 11) is 0. The fourth-order valence-electron chi connectivity index (χ4n) is 4.19. The van der Waals surface area contributed by atoms with Crippen molar-refractivity contribution in [3.63, 3.8) is 0 Å². The van der Waals surface area contributed by atoms with Crippen LogP contribution in [0.1, 0.15) is 57.4 Å². The van der Waals surface area contributed by atoms with Crippen molar-refractivity contribution >= 4 is 5.96 Å². The molecule has 1 saturated heterocycles. The first-order valence-corrected chi connectivity index (χ1v) is 10.3. The lowest BCUT2D eigenvalue weighted by molar-refractivity contribution is 0.119. The minimum absolute atomic E-state index is 0.297. The van der Waals surface area contributed by atoms with Gasteiger partial charge in [-0.05, 0) is 50.3 Å². The van der Waals surface area contributed by atoms with Crippen molar-refractivity contribution in [2.45, 2.75) is 70.5 Å². The standard InChI is InChI=1S/C21H34N4O/c1-2-22-21(23-16-17-7-6-10-20(26)15-17)24-18-11-13-25(14-12-18)19-8-4-3-5-9-19/h6-7,10,15,18-19,26H,2-5,8-9,11-14,16H2,1H3,(H2,22,23,24). The van der Waals surface area contributed by atoms with E-state index in [0.717, 1.165) is 24.1 Å². The summed E-state index contributed by atoms with van der Waals surface area (Å²) in [6.45, 7) is 5.93. The maximum Gasteiger partial charge on any atom is 0.191 e. The van der Waals surface area contributed by atoms with Gasteiger partial charge in [0.15, 0.2) is 5.96 Å². The Labute approximate surface area is 157 Å². The van der Waals surface area contributed by atoms with Crippen molar-refractivity contribution in [2.75, 3.05) is 19.6 Å². The molecule has 0 atom stereocenters. The number of phenols is 1.